The molecule has 0 heterocycles. The summed E-state index contributed by atoms with van der Waals surface area (Å²) in [7, 11) is -4.28. The van der Waals surface area contributed by atoms with Gasteiger partial charge in [0, 0.05) is 0 Å². The third-order valence-electron chi connectivity index (χ3n) is 4.97. The largest absolute Gasteiger partial charge is 0.584 e. The van der Waals surface area contributed by atoms with Crippen molar-refractivity contribution < 1.29 is 18.5 Å². The molecule has 2 aromatic rings. The summed E-state index contributed by atoms with van der Waals surface area (Å²) in [4.78, 5) is 10.4. The second-order valence-corrected chi connectivity index (χ2v) is 8.79. The van der Waals surface area contributed by atoms with Crippen LogP contribution >= 0.6 is 7.82 Å². The minimum absolute atomic E-state index is 0.426. The van der Waals surface area contributed by atoms with Gasteiger partial charge in [-0.1, -0.05) is 88.8 Å². The fraction of sp³-hybridized carbons (Fsp3) is 0.500. The van der Waals surface area contributed by atoms with Crippen LogP contribution in [0.4, 0.5) is 0 Å². The van der Waals surface area contributed by atoms with Gasteiger partial charge in [-0.3, -0.25) is 4.89 Å². The molecule has 0 aliphatic heterocycles. The van der Waals surface area contributed by atoms with Gasteiger partial charge in [-0.05, 0) is 48.9 Å². The molecular formula is C24H35O4P. The van der Waals surface area contributed by atoms with Crippen LogP contribution in [0, 0.1) is 0 Å². The predicted molar refractivity (Wildman–Crippen MR) is 120 cm³/mol. The number of para-hydroxylation sites is 2. The average Bonchev–Trinajstić information content (AvgIpc) is 2.70. The molecule has 0 atom stereocenters. The summed E-state index contributed by atoms with van der Waals surface area (Å²) in [5, 5.41) is 0. The molecule has 2 rings (SSSR count). The monoisotopic (exact) mass is 418 g/mol. The Hall–Kier alpha value is -1.77. The molecule has 0 spiro atoms. The molecule has 1 N–H and O–H groups in total. The van der Waals surface area contributed by atoms with Crippen LogP contribution in [0.25, 0.3) is 0 Å². The maximum atomic E-state index is 12.7. The molecule has 0 aliphatic rings. The van der Waals surface area contributed by atoms with Crippen LogP contribution in [0.1, 0.15) is 76.3 Å². The Kier molecular flexibility index (Phi) is 10.3. The summed E-state index contributed by atoms with van der Waals surface area (Å²) in [5.41, 5.74) is 1.88. The highest BCUT2D eigenvalue weighted by Gasteiger charge is 2.27. The minimum Gasteiger partial charge on any atom is -0.395 e. The SMILES string of the molecule is CCCCCCc1ccccc1OP(=O)(O)Oc1ccccc1CCCCCC. The average molecular weight is 419 g/mol. The Bertz CT molecular complexity index is 713. The summed E-state index contributed by atoms with van der Waals surface area (Å²) in [6.07, 6.45) is 10.7. The van der Waals surface area contributed by atoms with Gasteiger partial charge in [0.2, 0.25) is 0 Å². The molecule has 0 saturated carbocycles. The topological polar surface area (TPSA) is 55.8 Å². The Morgan fingerprint density at radius 2 is 1.10 bits per heavy atom. The molecule has 0 aromatic heterocycles. The number of benzene rings is 2. The maximum Gasteiger partial charge on any atom is 0.584 e. The van der Waals surface area contributed by atoms with Gasteiger partial charge in [0.15, 0.2) is 0 Å². The van der Waals surface area contributed by atoms with E-state index in [0.717, 1.165) is 49.7 Å². The first-order valence-electron chi connectivity index (χ1n) is 10.9. The normalized spacial score (nSPS) is 11.4. The molecule has 4 nitrogen and oxygen atoms in total. The molecule has 0 unspecified atom stereocenters. The quantitative estimate of drug-likeness (QED) is 0.255. The lowest BCUT2D eigenvalue weighted by molar-refractivity contribution is 0.288. The van der Waals surface area contributed by atoms with Gasteiger partial charge in [0.1, 0.15) is 11.5 Å². The third-order valence-corrected chi connectivity index (χ3v) is 5.83. The first kappa shape index (κ1) is 23.5. The van der Waals surface area contributed by atoms with Crippen molar-refractivity contribution in [3.63, 3.8) is 0 Å². The highest BCUT2D eigenvalue weighted by Crippen LogP contribution is 2.46. The van der Waals surface area contributed by atoms with Crippen molar-refractivity contribution in [3.8, 4) is 11.5 Å². The smallest absolute Gasteiger partial charge is 0.395 e. The van der Waals surface area contributed by atoms with E-state index in [2.05, 4.69) is 13.8 Å². The first-order chi connectivity index (χ1) is 14.1. The molecule has 160 valence electrons. The molecule has 0 amide bonds. The Balaban J connectivity index is 2.03. The molecular weight excluding hydrogens is 383 g/mol. The zero-order chi connectivity index (χ0) is 21.0. The van der Waals surface area contributed by atoms with Crippen molar-refractivity contribution in [2.75, 3.05) is 0 Å². The van der Waals surface area contributed by atoms with Gasteiger partial charge in [-0.15, -0.1) is 0 Å². The molecule has 0 bridgehead atoms. The molecule has 0 saturated heterocycles. The van der Waals surface area contributed by atoms with Gasteiger partial charge in [-0.25, -0.2) is 4.57 Å². The standard InChI is InChI=1S/C24H35O4P/c1-3-5-7-9-15-21-17-11-13-19-23(21)27-29(25,26)28-24-20-14-12-18-22(24)16-10-8-6-4-2/h11-14,17-20H,3-10,15-16H2,1-2H3,(H,25,26). The van der Waals surface area contributed by atoms with Crippen LogP contribution in [-0.2, 0) is 17.4 Å². The van der Waals surface area contributed by atoms with Gasteiger partial charge < -0.3 is 9.05 Å². The number of phosphoric acid groups is 1. The molecule has 29 heavy (non-hydrogen) atoms. The van der Waals surface area contributed by atoms with Crippen LogP contribution in [0.15, 0.2) is 48.5 Å². The molecule has 2 aromatic carbocycles. The van der Waals surface area contributed by atoms with Crippen molar-refractivity contribution in [2.45, 2.75) is 78.1 Å². The van der Waals surface area contributed by atoms with Crippen LogP contribution in [0.5, 0.6) is 11.5 Å². The Morgan fingerprint density at radius 1 is 0.690 bits per heavy atom. The van der Waals surface area contributed by atoms with Crippen LogP contribution < -0.4 is 9.05 Å². The van der Waals surface area contributed by atoms with E-state index >= 15 is 0 Å². The number of aryl methyl sites for hydroxylation is 2. The fourth-order valence-electron chi connectivity index (χ4n) is 3.35. The van der Waals surface area contributed by atoms with Gasteiger partial charge >= 0.3 is 7.82 Å². The zero-order valence-corrected chi connectivity index (χ0v) is 18.7. The Labute approximate surface area is 175 Å². The number of unbranched alkanes of at least 4 members (excludes halogenated alkanes) is 6. The molecule has 0 radical (unpaired) electrons. The minimum atomic E-state index is -4.28. The Morgan fingerprint density at radius 3 is 1.52 bits per heavy atom. The number of rotatable bonds is 14. The highest BCUT2D eigenvalue weighted by atomic mass is 31.2. The summed E-state index contributed by atoms with van der Waals surface area (Å²) in [5.74, 6) is 0.852. The van der Waals surface area contributed by atoms with Gasteiger partial charge in [0.25, 0.3) is 0 Å². The van der Waals surface area contributed by atoms with E-state index in [4.69, 9.17) is 9.05 Å². The van der Waals surface area contributed by atoms with E-state index in [1.54, 1.807) is 12.1 Å². The summed E-state index contributed by atoms with van der Waals surface area (Å²) in [6, 6.07) is 14.8. The van der Waals surface area contributed by atoms with Crippen LogP contribution in [0.3, 0.4) is 0 Å². The number of hydrogen-bond donors (Lipinski definition) is 1. The lowest BCUT2D eigenvalue weighted by Crippen LogP contribution is -2.03. The van der Waals surface area contributed by atoms with E-state index in [-0.39, 0.29) is 0 Å². The van der Waals surface area contributed by atoms with Crippen molar-refractivity contribution in [3.05, 3.63) is 59.7 Å². The van der Waals surface area contributed by atoms with E-state index in [1.165, 1.54) is 25.7 Å². The summed E-state index contributed by atoms with van der Waals surface area (Å²) < 4.78 is 23.7. The second kappa shape index (κ2) is 12.7. The van der Waals surface area contributed by atoms with E-state index in [9.17, 15) is 9.46 Å². The van der Waals surface area contributed by atoms with E-state index in [0.29, 0.717) is 11.5 Å². The van der Waals surface area contributed by atoms with Gasteiger partial charge in [-0.2, -0.15) is 0 Å². The highest BCUT2D eigenvalue weighted by molar-refractivity contribution is 7.48. The molecule has 0 aliphatic carbocycles. The fourth-order valence-corrected chi connectivity index (χ4v) is 4.24. The van der Waals surface area contributed by atoms with Crippen molar-refractivity contribution >= 4 is 7.82 Å². The van der Waals surface area contributed by atoms with Crippen LogP contribution in [-0.4, -0.2) is 4.89 Å². The van der Waals surface area contributed by atoms with Gasteiger partial charge in [0.05, 0.1) is 0 Å². The summed E-state index contributed by atoms with van der Waals surface area (Å²) >= 11 is 0. The number of hydrogen-bond acceptors (Lipinski definition) is 3. The molecule has 5 heteroatoms. The van der Waals surface area contributed by atoms with E-state index < -0.39 is 7.82 Å². The second-order valence-electron chi connectivity index (χ2n) is 7.49. The van der Waals surface area contributed by atoms with Crippen LogP contribution in [0.2, 0.25) is 0 Å². The zero-order valence-electron chi connectivity index (χ0n) is 17.8. The third kappa shape index (κ3) is 8.64. The first-order valence-corrected chi connectivity index (χ1v) is 12.4. The maximum absolute atomic E-state index is 12.7. The lowest BCUT2D eigenvalue weighted by atomic mass is 10.1. The van der Waals surface area contributed by atoms with Crippen molar-refractivity contribution in [2.24, 2.45) is 0 Å². The van der Waals surface area contributed by atoms with Crippen molar-refractivity contribution in [1.29, 1.82) is 0 Å². The lowest BCUT2D eigenvalue weighted by Gasteiger charge is -2.18. The number of phosphoric ester groups is 1. The van der Waals surface area contributed by atoms with Crippen molar-refractivity contribution in [1.82, 2.24) is 0 Å². The summed E-state index contributed by atoms with van der Waals surface area (Å²) in [6.45, 7) is 4.36. The van der Waals surface area contributed by atoms with E-state index in [1.807, 2.05) is 36.4 Å². The molecule has 0 fully saturated rings. The predicted octanol–water partition coefficient (Wildman–Crippen LogP) is 7.49.